The molecule has 2 aliphatic rings. The number of nitrogens with zero attached hydrogens (tertiary/aromatic N) is 2. The Kier molecular flexibility index (Phi) is 6.98. The molecule has 0 spiro atoms. The van der Waals surface area contributed by atoms with E-state index in [0.717, 1.165) is 62.9 Å². The maximum atomic E-state index is 12.7. The number of ether oxygens (including phenoxy) is 3. The summed E-state index contributed by atoms with van der Waals surface area (Å²) in [5.74, 6) is 1.62. The third-order valence-corrected chi connectivity index (χ3v) is 7.00. The second-order valence-electron chi connectivity index (χ2n) is 9.84. The number of carbonyl (C=O) groups is 1. The number of morpholine rings is 1. The minimum Gasteiger partial charge on any atom is -0.504 e. The molecule has 1 aliphatic carbocycles. The Morgan fingerprint density at radius 3 is 2.76 bits per heavy atom. The maximum Gasteiger partial charge on any atom is 0.252 e. The van der Waals surface area contributed by atoms with Crippen molar-refractivity contribution in [3.8, 4) is 23.0 Å². The number of amides is 1. The number of aromatic nitrogens is 1. The fourth-order valence-electron chi connectivity index (χ4n) is 4.78. The number of nitrogens with one attached hydrogen (secondary N) is 1. The number of phenolic OH excluding ortho intramolecular Hbond substituents is 1. The van der Waals surface area contributed by atoms with Gasteiger partial charge >= 0.3 is 0 Å². The number of benzene rings is 3. The molecule has 3 aromatic carbocycles. The minimum atomic E-state index is -0.0403. The first-order valence-electron chi connectivity index (χ1n) is 13.2. The first kappa shape index (κ1) is 24.5. The molecule has 2 N–H and O–H groups in total. The van der Waals surface area contributed by atoms with E-state index in [-0.39, 0.29) is 11.7 Å². The van der Waals surface area contributed by atoms with Crippen LogP contribution >= 0.6 is 0 Å². The number of pyridine rings is 1. The van der Waals surface area contributed by atoms with E-state index in [2.05, 4.69) is 15.2 Å². The summed E-state index contributed by atoms with van der Waals surface area (Å²) in [6.45, 7) is 4.89. The quantitative estimate of drug-likeness (QED) is 0.308. The topological polar surface area (TPSA) is 93.2 Å². The zero-order valence-corrected chi connectivity index (χ0v) is 21.2. The number of rotatable bonds is 9. The van der Waals surface area contributed by atoms with Gasteiger partial charge in [0.05, 0.1) is 25.3 Å². The number of phenols is 1. The highest BCUT2D eigenvalue weighted by Crippen LogP contribution is 2.37. The van der Waals surface area contributed by atoms with Gasteiger partial charge in [-0.3, -0.25) is 14.7 Å². The van der Waals surface area contributed by atoms with E-state index in [1.807, 2.05) is 36.4 Å². The zero-order chi connectivity index (χ0) is 25.9. The molecule has 0 bridgehead atoms. The van der Waals surface area contributed by atoms with Crippen LogP contribution in [0.25, 0.3) is 21.7 Å². The van der Waals surface area contributed by atoms with E-state index in [9.17, 15) is 9.90 Å². The van der Waals surface area contributed by atoms with Crippen molar-refractivity contribution in [1.82, 2.24) is 15.2 Å². The van der Waals surface area contributed by atoms with Gasteiger partial charge in [0.1, 0.15) is 11.5 Å². The van der Waals surface area contributed by atoms with Gasteiger partial charge in [0.2, 0.25) is 0 Å². The molecule has 1 amide bonds. The standard InChI is InChI=1S/C30H31N3O5/c34-27-18-25-26(19-29(27)37-14-2-11-33-12-15-36-16-13-33)31-10-9-28(25)38-22-7-8-23-20(17-22)3-1-4-24(23)30(35)32-21-5-6-21/h1,3-4,7-10,17-19,21,34H,2,5-6,11-16H2,(H,32,35). The van der Waals surface area contributed by atoms with Crippen molar-refractivity contribution in [2.24, 2.45) is 0 Å². The van der Waals surface area contributed by atoms with Gasteiger partial charge in [-0.15, -0.1) is 0 Å². The van der Waals surface area contributed by atoms with Crippen molar-refractivity contribution in [3.05, 3.63) is 66.4 Å². The highest BCUT2D eigenvalue weighted by Gasteiger charge is 2.24. The summed E-state index contributed by atoms with van der Waals surface area (Å²) in [6, 6.07) is 16.8. The second kappa shape index (κ2) is 10.8. The van der Waals surface area contributed by atoms with Crippen LogP contribution in [0, 0.1) is 0 Å². The number of fused-ring (bicyclic) bond motifs is 2. The van der Waals surface area contributed by atoms with Crippen LogP contribution in [0.3, 0.4) is 0 Å². The van der Waals surface area contributed by atoms with Gasteiger partial charge in [0, 0.05) is 48.9 Å². The zero-order valence-electron chi connectivity index (χ0n) is 21.2. The summed E-state index contributed by atoms with van der Waals surface area (Å²) in [5, 5.41) is 16.2. The fraction of sp³-hybridized carbons (Fsp3) is 0.333. The number of carbonyl (C=O) groups excluding carboxylic acids is 1. The lowest BCUT2D eigenvalue weighted by atomic mass is 10.0. The summed E-state index contributed by atoms with van der Waals surface area (Å²) in [7, 11) is 0. The maximum absolute atomic E-state index is 12.7. The number of hydrogen-bond donors (Lipinski definition) is 2. The van der Waals surface area contributed by atoms with Crippen molar-refractivity contribution >= 4 is 27.6 Å². The molecule has 8 nitrogen and oxygen atoms in total. The number of hydrogen-bond acceptors (Lipinski definition) is 7. The van der Waals surface area contributed by atoms with E-state index < -0.39 is 0 Å². The molecule has 0 atom stereocenters. The Morgan fingerprint density at radius 2 is 1.92 bits per heavy atom. The Hall–Kier alpha value is -3.88. The predicted molar refractivity (Wildman–Crippen MR) is 145 cm³/mol. The average molecular weight is 514 g/mol. The Bertz CT molecular complexity index is 1460. The van der Waals surface area contributed by atoms with Gasteiger partial charge in [-0.25, -0.2) is 0 Å². The lowest BCUT2D eigenvalue weighted by Crippen LogP contribution is -2.37. The van der Waals surface area contributed by atoms with Crippen LogP contribution in [0.1, 0.15) is 29.6 Å². The Morgan fingerprint density at radius 1 is 1.05 bits per heavy atom. The molecule has 1 aromatic heterocycles. The van der Waals surface area contributed by atoms with Crippen LogP contribution in [-0.4, -0.2) is 66.4 Å². The summed E-state index contributed by atoms with van der Waals surface area (Å²) in [5.41, 5.74) is 1.33. The molecule has 196 valence electrons. The Balaban J connectivity index is 1.17. The smallest absolute Gasteiger partial charge is 0.252 e. The van der Waals surface area contributed by atoms with E-state index in [1.54, 1.807) is 24.4 Å². The van der Waals surface area contributed by atoms with Crippen molar-refractivity contribution in [2.45, 2.75) is 25.3 Å². The molecule has 38 heavy (non-hydrogen) atoms. The second-order valence-corrected chi connectivity index (χ2v) is 9.84. The van der Waals surface area contributed by atoms with Crippen molar-refractivity contribution < 1.29 is 24.1 Å². The van der Waals surface area contributed by atoms with Gasteiger partial charge in [-0.2, -0.15) is 0 Å². The first-order chi connectivity index (χ1) is 18.6. The monoisotopic (exact) mass is 513 g/mol. The molecule has 6 rings (SSSR count). The molecule has 8 heteroatoms. The Labute approximate surface area is 221 Å². The van der Waals surface area contributed by atoms with Gasteiger partial charge in [-0.05, 0) is 66.4 Å². The van der Waals surface area contributed by atoms with Gasteiger partial charge in [0.25, 0.3) is 5.91 Å². The number of aromatic hydroxyl groups is 1. The highest BCUT2D eigenvalue weighted by atomic mass is 16.5. The first-order valence-corrected chi connectivity index (χ1v) is 13.2. The van der Waals surface area contributed by atoms with Gasteiger partial charge in [0.15, 0.2) is 11.5 Å². The lowest BCUT2D eigenvalue weighted by Gasteiger charge is -2.26. The van der Waals surface area contributed by atoms with Crippen LogP contribution in [-0.2, 0) is 4.74 Å². The molecule has 4 aromatic rings. The normalized spacial score (nSPS) is 16.0. The molecule has 2 heterocycles. The van der Waals surface area contributed by atoms with E-state index in [4.69, 9.17) is 14.2 Å². The molecule has 1 aliphatic heterocycles. The predicted octanol–water partition coefficient (Wildman–Crippen LogP) is 4.88. The molecule has 2 fully saturated rings. The SMILES string of the molecule is O=C(NC1CC1)c1cccc2cc(Oc3ccnc4cc(OCCCN5CCOCC5)c(O)cc34)ccc12. The summed E-state index contributed by atoms with van der Waals surface area (Å²) in [4.78, 5) is 19.5. The van der Waals surface area contributed by atoms with Gasteiger partial charge in [-0.1, -0.05) is 12.1 Å². The highest BCUT2D eigenvalue weighted by molar-refractivity contribution is 6.07. The van der Waals surface area contributed by atoms with Crippen LogP contribution in [0.15, 0.2) is 60.8 Å². The largest absolute Gasteiger partial charge is 0.504 e. The summed E-state index contributed by atoms with van der Waals surface area (Å²) < 4.78 is 17.5. The van der Waals surface area contributed by atoms with Crippen molar-refractivity contribution in [2.75, 3.05) is 39.5 Å². The van der Waals surface area contributed by atoms with Crippen LogP contribution in [0.2, 0.25) is 0 Å². The van der Waals surface area contributed by atoms with E-state index in [1.165, 1.54) is 0 Å². The minimum absolute atomic E-state index is 0.0403. The van der Waals surface area contributed by atoms with E-state index >= 15 is 0 Å². The lowest BCUT2D eigenvalue weighted by molar-refractivity contribution is 0.0357. The molecule has 0 unspecified atom stereocenters. The fourth-order valence-corrected chi connectivity index (χ4v) is 4.78. The molecule has 1 saturated heterocycles. The molecule has 1 saturated carbocycles. The molecular formula is C30H31N3O5. The summed E-state index contributed by atoms with van der Waals surface area (Å²) in [6.07, 6.45) is 4.64. The average Bonchev–Trinajstić information content (AvgIpc) is 3.76. The third-order valence-electron chi connectivity index (χ3n) is 7.00. The third kappa shape index (κ3) is 5.51. The van der Waals surface area contributed by atoms with Crippen molar-refractivity contribution in [3.63, 3.8) is 0 Å². The summed E-state index contributed by atoms with van der Waals surface area (Å²) >= 11 is 0. The van der Waals surface area contributed by atoms with Crippen LogP contribution in [0.4, 0.5) is 0 Å². The van der Waals surface area contributed by atoms with E-state index in [0.29, 0.717) is 46.4 Å². The molecular weight excluding hydrogens is 482 g/mol. The van der Waals surface area contributed by atoms with Crippen LogP contribution in [0.5, 0.6) is 23.0 Å². The molecule has 0 radical (unpaired) electrons. The van der Waals surface area contributed by atoms with Crippen LogP contribution < -0.4 is 14.8 Å². The van der Waals surface area contributed by atoms with Crippen molar-refractivity contribution in [1.29, 1.82) is 0 Å². The van der Waals surface area contributed by atoms with Gasteiger partial charge < -0.3 is 24.6 Å².